The summed E-state index contributed by atoms with van der Waals surface area (Å²) in [5.41, 5.74) is 7.96. The van der Waals surface area contributed by atoms with Crippen molar-refractivity contribution in [3.63, 3.8) is 0 Å². The van der Waals surface area contributed by atoms with E-state index in [2.05, 4.69) is 25.3 Å². The first-order valence-corrected chi connectivity index (χ1v) is 11.8. The molecule has 168 valence electrons. The lowest BCUT2D eigenvalue weighted by atomic mass is 10.1. The van der Waals surface area contributed by atoms with Crippen LogP contribution in [-0.4, -0.2) is 43.1 Å². The maximum absolute atomic E-state index is 14.5. The zero-order valence-corrected chi connectivity index (χ0v) is 18.7. The zero-order valence-electron chi connectivity index (χ0n) is 17.9. The Bertz CT molecular complexity index is 1180. The summed E-state index contributed by atoms with van der Waals surface area (Å²) >= 11 is 0. The maximum Gasteiger partial charge on any atom is 0.160 e. The number of benzene rings is 1. The number of methoxy groups -OCH3 is 1. The second-order valence-corrected chi connectivity index (χ2v) is 9.45. The molecule has 3 atom stereocenters. The van der Waals surface area contributed by atoms with Crippen LogP contribution in [0.25, 0.3) is 11.0 Å². The molecule has 1 aromatic carbocycles. The van der Waals surface area contributed by atoms with Crippen LogP contribution in [0.1, 0.15) is 37.8 Å². The number of amidine groups is 1. The van der Waals surface area contributed by atoms with Crippen molar-refractivity contribution >= 4 is 39.2 Å². The molecule has 1 fully saturated rings. The Morgan fingerprint density at radius 2 is 1.97 bits per heavy atom. The fraction of sp³-hybridized carbons (Fsp3) is 0.364. The summed E-state index contributed by atoms with van der Waals surface area (Å²) < 4.78 is 31.9. The molecule has 3 aromatic rings. The number of pyridine rings is 1. The number of nitrogens with two attached hydrogens (primary N) is 1. The van der Waals surface area contributed by atoms with E-state index in [9.17, 15) is 8.60 Å². The first-order chi connectivity index (χ1) is 15.5. The predicted octanol–water partition coefficient (Wildman–Crippen LogP) is 3.64. The fourth-order valence-electron chi connectivity index (χ4n) is 3.06. The lowest BCUT2D eigenvalue weighted by Gasteiger charge is -2.24. The van der Waals surface area contributed by atoms with Crippen molar-refractivity contribution in [3.05, 3.63) is 48.2 Å². The summed E-state index contributed by atoms with van der Waals surface area (Å²) in [7, 11) is 0.347. The van der Waals surface area contributed by atoms with Crippen molar-refractivity contribution in [1.29, 1.82) is 0 Å². The highest BCUT2D eigenvalue weighted by Crippen LogP contribution is 2.30. The number of nitrogens with one attached hydrogen (secondary N) is 1. The van der Waals surface area contributed by atoms with E-state index in [1.54, 1.807) is 38.4 Å². The molecule has 3 N–H and O–H groups in total. The summed E-state index contributed by atoms with van der Waals surface area (Å²) in [5.74, 6) is 1.12. The maximum atomic E-state index is 14.5. The Labute approximate surface area is 188 Å². The third kappa shape index (κ3) is 5.01. The Hall–Kier alpha value is -3.14. The van der Waals surface area contributed by atoms with Gasteiger partial charge in [0.1, 0.15) is 29.2 Å². The van der Waals surface area contributed by atoms with E-state index in [1.165, 1.54) is 31.7 Å². The van der Waals surface area contributed by atoms with Gasteiger partial charge in [0, 0.05) is 28.1 Å². The van der Waals surface area contributed by atoms with Gasteiger partial charge < -0.3 is 15.8 Å². The van der Waals surface area contributed by atoms with Crippen LogP contribution in [0.5, 0.6) is 5.75 Å². The molecular formula is C22H25FN6O2S. The summed E-state index contributed by atoms with van der Waals surface area (Å²) in [6.07, 6.45) is 7.48. The normalized spacial score (nSPS) is 21.8. The smallest absolute Gasteiger partial charge is 0.160 e. The van der Waals surface area contributed by atoms with Gasteiger partial charge in [-0.25, -0.2) is 19.3 Å². The lowest BCUT2D eigenvalue weighted by molar-refractivity contribution is 0.413. The van der Waals surface area contributed by atoms with Gasteiger partial charge in [-0.2, -0.15) is 0 Å². The minimum absolute atomic E-state index is 0.222. The molecule has 1 aliphatic heterocycles. The minimum Gasteiger partial charge on any atom is -0.495 e. The highest BCUT2D eigenvalue weighted by atomic mass is 32.2. The quantitative estimate of drug-likeness (QED) is 0.616. The molecule has 0 bridgehead atoms. The number of aliphatic imine (C=N–C) groups is 1. The van der Waals surface area contributed by atoms with Crippen molar-refractivity contribution in [2.24, 2.45) is 10.7 Å². The van der Waals surface area contributed by atoms with Gasteiger partial charge in [-0.3, -0.25) is 9.20 Å². The van der Waals surface area contributed by atoms with Crippen molar-refractivity contribution in [3.8, 4) is 5.75 Å². The van der Waals surface area contributed by atoms with E-state index in [4.69, 9.17) is 10.5 Å². The summed E-state index contributed by atoms with van der Waals surface area (Å²) in [5, 5.41) is 2.82. The molecule has 1 aliphatic carbocycles. The molecule has 5 rings (SSSR count). The van der Waals surface area contributed by atoms with Crippen LogP contribution >= 0.6 is 0 Å². The van der Waals surface area contributed by atoms with Crippen LogP contribution in [0.2, 0.25) is 0 Å². The Balaban J connectivity index is 0.000000754. The highest BCUT2D eigenvalue weighted by molar-refractivity contribution is 7.86. The van der Waals surface area contributed by atoms with Gasteiger partial charge in [0.05, 0.1) is 35.9 Å². The molecule has 0 radical (unpaired) electrons. The summed E-state index contributed by atoms with van der Waals surface area (Å²) in [6, 6.07) is 5.71. The van der Waals surface area contributed by atoms with Crippen molar-refractivity contribution in [2.75, 3.05) is 18.2 Å². The molecule has 10 heteroatoms. The largest absolute Gasteiger partial charge is 0.495 e. The monoisotopic (exact) mass is 456 g/mol. The molecule has 32 heavy (non-hydrogen) atoms. The molecule has 3 heterocycles. The van der Waals surface area contributed by atoms with E-state index < -0.39 is 22.7 Å². The van der Waals surface area contributed by atoms with E-state index >= 15 is 0 Å². The van der Waals surface area contributed by atoms with E-state index in [0.717, 1.165) is 0 Å². The minimum atomic E-state index is -1.21. The van der Waals surface area contributed by atoms with Crippen LogP contribution in [0.15, 0.2) is 41.8 Å². The average Bonchev–Trinajstić information content (AvgIpc) is 3.68. The van der Waals surface area contributed by atoms with Crippen LogP contribution in [0.4, 0.5) is 15.9 Å². The number of hydrogen-bond donors (Lipinski definition) is 2. The number of rotatable bonds is 4. The average molecular weight is 457 g/mol. The second-order valence-electron chi connectivity index (χ2n) is 7.65. The van der Waals surface area contributed by atoms with Crippen LogP contribution in [0.3, 0.4) is 0 Å². The van der Waals surface area contributed by atoms with Gasteiger partial charge >= 0.3 is 0 Å². The molecule has 2 aliphatic rings. The number of halogens is 1. The highest BCUT2D eigenvalue weighted by Gasteiger charge is 2.28. The van der Waals surface area contributed by atoms with Gasteiger partial charge in [-0.05, 0) is 25.1 Å². The standard InChI is InChI=1S/C19H19FN6O2S.C3H6/c1-10-18(21)26-16(8-29(10)27)13-5-11(3-4-14(13)20)25-19-17-15(23-9-24-19)6-12(28-2)7-22-17;1-2-3-1/h3-7,9-10,16H,8H2,1-2H3,(H2,21,26)(H,23,24,25);1-3H2. The molecule has 1 saturated carbocycles. The molecule has 2 aromatic heterocycles. The number of nitrogens with zero attached hydrogens (tertiary/aromatic N) is 4. The Morgan fingerprint density at radius 1 is 1.19 bits per heavy atom. The topological polar surface area (TPSA) is 115 Å². The van der Waals surface area contributed by atoms with Crippen LogP contribution in [0, 0.1) is 5.82 Å². The van der Waals surface area contributed by atoms with E-state index in [1.807, 2.05) is 0 Å². The van der Waals surface area contributed by atoms with Gasteiger partial charge in [0.2, 0.25) is 0 Å². The van der Waals surface area contributed by atoms with Crippen LogP contribution < -0.4 is 15.8 Å². The van der Waals surface area contributed by atoms with Gasteiger partial charge in [0.15, 0.2) is 5.82 Å². The van der Waals surface area contributed by atoms with Crippen molar-refractivity contribution in [1.82, 2.24) is 15.0 Å². The van der Waals surface area contributed by atoms with Crippen molar-refractivity contribution in [2.45, 2.75) is 37.5 Å². The molecule has 8 nitrogen and oxygen atoms in total. The van der Waals surface area contributed by atoms with Gasteiger partial charge in [-0.15, -0.1) is 0 Å². The first-order valence-electron chi connectivity index (χ1n) is 10.4. The number of ether oxygens (including phenoxy) is 1. The Morgan fingerprint density at radius 3 is 2.66 bits per heavy atom. The summed E-state index contributed by atoms with van der Waals surface area (Å²) in [4.78, 5) is 17.1. The Kier molecular flexibility index (Phi) is 6.59. The molecule has 0 spiro atoms. The van der Waals surface area contributed by atoms with Gasteiger partial charge in [0.25, 0.3) is 0 Å². The third-order valence-electron chi connectivity index (χ3n) is 5.10. The first kappa shape index (κ1) is 22.1. The number of hydrogen-bond acceptors (Lipinski definition) is 8. The zero-order chi connectivity index (χ0) is 22.7. The molecule has 0 amide bonds. The van der Waals surface area contributed by atoms with Crippen molar-refractivity contribution < 1.29 is 13.3 Å². The molecular weight excluding hydrogens is 431 g/mol. The van der Waals surface area contributed by atoms with Gasteiger partial charge in [-0.1, -0.05) is 19.3 Å². The SMILES string of the molecule is C1CC1.COc1cnc2c(Nc3ccc(F)c(C4CS(=O)C(C)C(N)=N4)c3)ncnc2c1. The predicted molar refractivity (Wildman–Crippen MR) is 124 cm³/mol. The van der Waals surface area contributed by atoms with Crippen LogP contribution in [-0.2, 0) is 10.8 Å². The summed E-state index contributed by atoms with van der Waals surface area (Å²) in [6.45, 7) is 1.75. The molecule has 0 saturated heterocycles. The third-order valence-corrected chi connectivity index (χ3v) is 6.77. The van der Waals surface area contributed by atoms with E-state index in [-0.39, 0.29) is 16.8 Å². The molecule has 3 unspecified atom stereocenters. The van der Waals surface area contributed by atoms with E-state index in [0.29, 0.717) is 33.9 Å². The number of anilines is 2. The number of fused-ring (bicyclic) bond motifs is 1. The fourth-order valence-corrected chi connectivity index (χ4v) is 4.24. The number of aromatic nitrogens is 3. The second kappa shape index (κ2) is 9.56. The lowest BCUT2D eigenvalue weighted by Crippen LogP contribution is -2.37.